The van der Waals surface area contributed by atoms with Crippen LogP contribution in [0.5, 0.6) is 5.75 Å². The van der Waals surface area contributed by atoms with Gasteiger partial charge in [0.1, 0.15) is 17.2 Å². The van der Waals surface area contributed by atoms with E-state index < -0.39 is 0 Å². The summed E-state index contributed by atoms with van der Waals surface area (Å²) in [6.07, 6.45) is 4.50. The fraction of sp³-hybridized carbons (Fsp3) is 0.375. The van der Waals surface area contributed by atoms with Crippen LogP contribution in [0.1, 0.15) is 52.7 Å². The Hall–Kier alpha value is -3.55. The predicted octanol–water partition coefficient (Wildman–Crippen LogP) is 3.28. The van der Waals surface area contributed by atoms with Crippen LogP contribution in [0.3, 0.4) is 0 Å². The highest BCUT2D eigenvalue weighted by molar-refractivity contribution is 5.92. The van der Waals surface area contributed by atoms with Gasteiger partial charge >= 0.3 is 0 Å². The lowest BCUT2D eigenvalue weighted by Crippen LogP contribution is -2.38. The van der Waals surface area contributed by atoms with Crippen LogP contribution in [-0.4, -0.2) is 47.1 Å². The van der Waals surface area contributed by atoms with E-state index in [1.807, 2.05) is 41.3 Å². The number of nitrogens with one attached hydrogen (secondary N) is 2. The molecule has 2 N–H and O–H groups in total. The second kappa shape index (κ2) is 10.2. The first-order valence-electron chi connectivity index (χ1n) is 10.9. The first-order valence-corrected chi connectivity index (χ1v) is 10.9. The number of aromatic nitrogens is 2. The van der Waals surface area contributed by atoms with Crippen LogP contribution in [0.15, 0.2) is 53.1 Å². The van der Waals surface area contributed by atoms with Gasteiger partial charge in [0.15, 0.2) is 0 Å². The average Bonchev–Trinajstić information content (AvgIpc) is 3.54. The number of piperidine rings is 1. The Morgan fingerprint density at radius 1 is 1.22 bits per heavy atom. The van der Waals surface area contributed by atoms with E-state index >= 15 is 0 Å². The van der Waals surface area contributed by atoms with Crippen LogP contribution in [0.2, 0.25) is 0 Å². The van der Waals surface area contributed by atoms with Crippen molar-refractivity contribution in [3.05, 3.63) is 71.4 Å². The molecular weight excluding hydrogens is 408 g/mol. The molecule has 3 aromatic rings. The van der Waals surface area contributed by atoms with Crippen molar-refractivity contribution in [2.24, 2.45) is 0 Å². The van der Waals surface area contributed by atoms with Crippen LogP contribution in [0, 0.1) is 0 Å². The first kappa shape index (κ1) is 21.7. The molecule has 1 aliphatic rings. The molecule has 0 bridgehead atoms. The SMILES string of the molecule is COc1ccc(CCC(=O)N2CCC(c3cc(C(=O)NCc4ccco4)n[nH]3)CC2)cc1. The highest BCUT2D eigenvalue weighted by atomic mass is 16.5. The van der Waals surface area contributed by atoms with Gasteiger partial charge in [-0.15, -0.1) is 0 Å². The lowest BCUT2D eigenvalue weighted by molar-refractivity contribution is -0.132. The molecule has 0 spiro atoms. The number of likely N-dealkylation sites (tertiary alicyclic amines) is 1. The van der Waals surface area contributed by atoms with E-state index in [4.69, 9.17) is 9.15 Å². The van der Waals surface area contributed by atoms with E-state index in [2.05, 4.69) is 15.5 Å². The van der Waals surface area contributed by atoms with Gasteiger partial charge < -0.3 is 19.4 Å². The number of benzene rings is 1. The third-order valence-corrected chi connectivity index (χ3v) is 5.91. The van der Waals surface area contributed by atoms with E-state index in [-0.39, 0.29) is 17.7 Å². The molecule has 32 heavy (non-hydrogen) atoms. The first-order chi connectivity index (χ1) is 15.6. The standard InChI is InChI=1S/C24H28N4O4/c1-31-19-7-4-17(5-8-19)6-9-23(29)28-12-10-18(11-13-28)21-15-22(27-26-21)24(30)25-16-20-3-2-14-32-20/h2-5,7-8,14-15,18H,6,9-13,16H2,1H3,(H,25,30)(H,26,27). The number of aromatic amines is 1. The Kier molecular flexibility index (Phi) is 6.89. The number of hydrogen-bond acceptors (Lipinski definition) is 5. The molecule has 2 amide bonds. The Balaban J connectivity index is 1.22. The van der Waals surface area contributed by atoms with Gasteiger partial charge in [-0.1, -0.05) is 12.1 Å². The molecule has 1 aliphatic heterocycles. The quantitative estimate of drug-likeness (QED) is 0.564. The van der Waals surface area contributed by atoms with E-state index in [9.17, 15) is 9.59 Å². The number of ether oxygens (including phenoxy) is 1. The summed E-state index contributed by atoms with van der Waals surface area (Å²) in [5.41, 5.74) is 2.44. The molecule has 0 radical (unpaired) electrons. The molecule has 4 rings (SSSR count). The Labute approximate surface area is 186 Å². The van der Waals surface area contributed by atoms with Crippen LogP contribution < -0.4 is 10.1 Å². The van der Waals surface area contributed by atoms with Crippen molar-refractivity contribution in [1.82, 2.24) is 20.4 Å². The summed E-state index contributed by atoms with van der Waals surface area (Å²) in [4.78, 5) is 26.9. The number of H-pyrrole nitrogens is 1. The van der Waals surface area contributed by atoms with Crippen LogP contribution in [0.4, 0.5) is 0 Å². The summed E-state index contributed by atoms with van der Waals surface area (Å²) in [5.74, 6) is 1.72. The molecule has 8 nitrogen and oxygen atoms in total. The minimum absolute atomic E-state index is 0.182. The van der Waals surface area contributed by atoms with Gasteiger partial charge in [-0.3, -0.25) is 14.7 Å². The number of carbonyl (C=O) groups is 2. The van der Waals surface area contributed by atoms with Crippen LogP contribution >= 0.6 is 0 Å². The lowest BCUT2D eigenvalue weighted by Gasteiger charge is -2.31. The number of aryl methyl sites for hydroxylation is 1. The number of furan rings is 1. The molecule has 8 heteroatoms. The summed E-state index contributed by atoms with van der Waals surface area (Å²) < 4.78 is 10.4. The van der Waals surface area contributed by atoms with Crippen molar-refractivity contribution < 1.29 is 18.7 Å². The van der Waals surface area contributed by atoms with Crippen molar-refractivity contribution in [3.63, 3.8) is 0 Å². The zero-order chi connectivity index (χ0) is 22.3. The molecule has 0 atom stereocenters. The van der Waals surface area contributed by atoms with Gasteiger partial charge in [-0.05, 0) is 55.2 Å². The fourth-order valence-corrected chi connectivity index (χ4v) is 3.97. The maximum Gasteiger partial charge on any atom is 0.272 e. The van der Waals surface area contributed by atoms with Crippen molar-refractivity contribution in [2.75, 3.05) is 20.2 Å². The van der Waals surface area contributed by atoms with E-state index in [0.717, 1.165) is 36.3 Å². The number of hydrogen-bond donors (Lipinski definition) is 2. The zero-order valence-electron chi connectivity index (χ0n) is 18.2. The number of rotatable bonds is 8. The molecule has 1 aromatic carbocycles. The third-order valence-electron chi connectivity index (χ3n) is 5.91. The zero-order valence-corrected chi connectivity index (χ0v) is 18.2. The normalized spacial score (nSPS) is 14.3. The highest BCUT2D eigenvalue weighted by Gasteiger charge is 2.25. The van der Waals surface area contributed by atoms with Crippen molar-refractivity contribution in [3.8, 4) is 5.75 Å². The number of methoxy groups -OCH3 is 1. The minimum atomic E-state index is -0.241. The van der Waals surface area contributed by atoms with Gasteiger partial charge in [0.2, 0.25) is 5.91 Å². The highest BCUT2D eigenvalue weighted by Crippen LogP contribution is 2.27. The summed E-state index contributed by atoms with van der Waals surface area (Å²) in [6.45, 7) is 1.75. The summed E-state index contributed by atoms with van der Waals surface area (Å²) in [6, 6.07) is 13.2. The smallest absolute Gasteiger partial charge is 0.272 e. The Bertz CT molecular complexity index is 1020. The molecular formula is C24H28N4O4. The predicted molar refractivity (Wildman–Crippen MR) is 118 cm³/mol. The van der Waals surface area contributed by atoms with Gasteiger partial charge in [-0.2, -0.15) is 5.10 Å². The second-order valence-corrected chi connectivity index (χ2v) is 7.97. The maximum atomic E-state index is 12.6. The topological polar surface area (TPSA) is 100 Å². The van der Waals surface area contributed by atoms with Gasteiger partial charge in [0, 0.05) is 31.1 Å². The number of carbonyl (C=O) groups excluding carboxylic acids is 2. The Morgan fingerprint density at radius 3 is 2.69 bits per heavy atom. The summed E-state index contributed by atoms with van der Waals surface area (Å²) >= 11 is 0. The molecule has 1 fully saturated rings. The van der Waals surface area contributed by atoms with Gasteiger partial charge in [-0.25, -0.2) is 0 Å². The van der Waals surface area contributed by atoms with Crippen LogP contribution in [-0.2, 0) is 17.8 Å². The van der Waals surface area contributed by atoms with Crippen molar-refractivity contribution in [2.45, 2.75) is 38.1 Å². The second-order valence-electron chi connectivity index (χ2n) is 7.97. The van der Waals surface area contributed by atoms with E-state index in [1.165, 1.54) is 0 Å². The fourth-order valence-electron chi connectivity index (χ4n) is 3.97. The molecule has 0 saturated carbocycles. The molecule has 1 saturated heterocycles. The summed E-state index contributed by atoms with van der Waals surface area (Å²) in [7, 11) is 1.64. The molecule has 168 valence electrons. The monoisotopic (exact) mass is 436 g/mol. The molecule has 2 aromatic heterocycles. The lowest BCUT2D eigenvalue weighted by atomic mass is 9.93. The number of amides is 2. The van der Waals surface area contributed by atoms with Gasteiger partial charge in [0.25, 0.3) is 5.91 Å². The van der Waals surface area contributed by atoms with E-state index in [0.29, 0.717) is 37.5 Å². The van der Waals surface area contributed by atoms with Crippen molar-refractivity contribution in [1.29, 1.82) is 0 Å². The number of nitrogens with zero attached hydrogens (tertiary/aromatic N) is 2. The third kappa shape index (κ3) is 5.38. The largest absolute Gasteiger partial charge is 0.497 e. The average molecular weight is 437 g/mol. The Morgan fingerprint density at radius 2 is 2.00 bits per heavy atom. The minimum Gasteiger partial charge on any atom is -0.497 e. The van der Waals surface area contributed by atoms with Crippen LogP contribution in [0.25, 0.3) is 0 Å². The molecule has 0 unspecified atom stereocenters. The molecule has 0 aliphatic carbocycles. The van der Waals surface area contributed by atoms with Gasteiger partial charge in [0.05, 0.1) is 19.9 Å². The van der Waals surface area contributed by atoms with E-state index in [1.54, 1.807) is 19.4 Å². The maximum absolute atomic E-state index is 12.6. The molecule has 3 heterocycles. The summed E-state index contributed by atoms with van der Waals surface area (Å²) in [5, 5.41) is 9.96. The van der Waals surface area contributed by atoms with Crippen molar-refractivity contribution >= 4 is 11.8 Å².